The molecule has 3 aromatic rings. The highest BCUT2D eigenvalue weighted by molar-refractivity contribution is 7.21. The quantitative estimate of drug-likeness (QED) is 0.744. The number of methoxy groups -OCH3 is 1. The molecule has 0 spiro atoms. The second-order valence-electron chi connectivity index (χ2n) is 5.02. The number of carbonyl (C=O) groups excluding carboxylic acids is 1. The molecule has 0 bridgehead atoms. The van der Waals surface area contributed by atoms with Crippen LogP contribution in [0.1, 0.15) is 34.8 Å². The molecule has 3 rings (SSSR count). The Morgan fingerprint density at radius 3 is 2.82 bits per heavy atom. The van der Waals surface area contributed by atoms with Crippen molar-refractivity contribution in [3.05, 3.63) is 53.2 Å². The zero-order valence-electron chi connectivity index (χ0n) is 12.6. The maximum Gasteiger partial charge on any atom is 0.265 e. The largest absolute Gasteiger partial charge is 0.494 e. The Hall–Kier alpha value is -2.27. The van der Waals surface area contributed by atoms with E-state index in [9.17, 15) is 4.79 Å². The van der Waals surface area contributed by atoms with E-state index in [2.05, 4.69) is 10.3 Å². The van der Waals surface area contributed by atoms with Crippen LogP contribution in [0.15, 0.2) is 42.6 Å². The molecule has 1 unspecified atom stereocenters. The van der Waals surface area contributed by atoms with E-state index in [1.54, 1.807) is 7.11 Å². The molecule has 0 saturated carbocycles. The fraction of sp³-hybridized carbons (Fsp3) is 0.235. The first-order valence-electron chi connectivity index (χ1n) is 7.24. The smallest absolute Gasteiger partial charge is 0.265 e. The summed E-state index contributed by atoms with van der Waals surface area (Å²) in [5.74, 6) is 0.555. The van der Waals surface area contributed by atoms with Crippen LogP contribution in [0, 0.1) is 0 Å². The zero-order chi connectivity index (χ0) is 15.5. The third kappa shape index (κ3) is 2.60. The van der Waals surface area contributed by atoms with Crippen molar-refractivity contribution in [2.75, 3.05) is 7.11 Å². The lowest BCUT2D eigenvalue weighted by Gasteiger charge is -2.15. The molecular weight excluding hydrogens is 296 g/mol. The Bertz CT molecular complexity index is 777. The standard InChI is InChI=1S/C17H18N2O2S/c1-3-12(13-8-6-10-18-13)19-17(20)16-15(21-2)11-7-4-5-9-14(11)22-16/h4-10,12,18H,3H2,1-2H3,(H,19,20). The summed E-state index contributed by atoms with van der Waals surface area (Å²) >= 11 is 1.46. The Morgan fingerprint density at radius 1 is 1.32 bits per heavy atom. The van der Waals surface area contributed by atoms with Gasteiger partial charge in [-0.05, 0) is 30.7 Å². The van der Waals surface area contributed by atoms with Gasteiger partial charge >= 0.3 is 0 Å². The normalized spacial score (nSPS) is 12.3. The average Bonchev–Trinajstić information content (AvgIpc) is 3.19. The van der Waals surface area contributed by atoms with Gasteiger partial charge in [-0.2, -0.15) is 0 Å². The summed E-state index contributed by atoms with van der Waals surface area (Å²) in [4.78, 5) is 16.4. The molecule has 0 aliphatic heterocycles. The van der Waals surface area contributed by atoms with E-state index in [0.717, 1.165) is 22.2 Å². The van der Waals surface area contributed by atoms with Gasteiger partial charge in [-0.15, -0.1) is 11.3 Å². The van der Waals surface area contributed by atoms with Crippen LogP contribution in [0.4, 0.5) is 0 Å². The van der Waals surface area contributed by atoms with Gasteiger partial charge in [0, 0.05) is 22.0 Å². The molecule has 2 N–H and O–H groups in total. The number of fused-ring (bicyclic) bond motifs is 1. The van der Waals surface area contributed by atoms with Gasteiger partial charge in [-0.25, -0.2) is 0 Å². The van der Waals surface area contributed by atoms with E-state index in [0.29, 0.717) is 10.6 Å². The van der Waals surface area contributed by atoms with Crippen LogP contribution in [0.3, 0.4) is 0 Å². The fourth-order valence-electron chi connectivity index (χ4n) is 2.56. The van der Waals surface area contributed by atoms with Gasteiger partial charge < -0.3 is 15.0 Å². The first-order valence-corrected chi connectivity index (χ1v) is 8.06. The van der Waals surface area contributed by atoms with Gasteiger partial charge in [0.1, 0.15) is 10.6 Å². The fourth-order valence-corrected chi connectivity index (χ4v) is 3.63. The second-order valence-corrected chi connectivity index (χ2v) is 6.07. The van der Waals surface area contributed by atoms with E-state index >= 15 is 0 Å². The summed E-state index contributed by atoms with van der Waals surface area (Å²) in [5.41, 5.74) is 1.01. The number of rotatable bonds is 5. The van der Waals surface area contributed by atoms with E-state index in [1.807, 2.05) is 49.5 Å². The highest BCUT2D eigenvalue weighted by atomic mass is 32.1. The molecular formula is C17H18N2O2S. The zero-order valence-corrected chi connectivity index (χ0v) is 13.4. The Morgan fingerprint density at radius 2 is 2.14 bits per heavy atom. The first-order chi connectivity index (χ1) is 10.7. The lowest BCUT2D eigenvalue weighted by Crippen LogP contribution is -2.28. The van der Waals surface area contributed by atoms with Crippen molar-refractivity contribution in [3.8, 4) is 5.75 Å². The third-order valence-electron chi connectivity index (χ3n) is 3.67. The molecule has 22 heavy (non-hydrogen) atoms. The molecule has 1 atom stereocenters. The molecule has 0 saturated heterocycles. The number of aromatic nitrogens is 1. The van der Waals surface area contributed by atoms with Gasteiger partial charge in [0.2, 0.25) is 0 Å². The molecule has 0 aliphatic carbocycles. The number of nitrogens with one attached hydrogen (secondary N) is 2. The third-order valence-corrected chi connectivity index (χ3v) is 4.82. The lowest BCUT2D eigenvalue weighted by atomic mass is 10.1. The van der Waals surface area contributed by atoms with Crippen molar-refractivity contribution in [1.82, 2.24) is 10.3 Å². The van der Waals surface area contributed by atoms with Gasteiger partial charge in [-0.3, -0.25) is 4.79 Å². The number of ether oxygens (including phenoxy) is 1. The number of amides is 1. The summed E-state index contributed by atoms with van der Waals surface area (Å²) in [6.45, 7) is 2.05. The predicted octanol–water partition coefficient (Wildman–Crippen LogP) is 4.12. The van der Waals surface area contributed by atoms with Crippen LogP contribution in [-0.2, 0) is 0 Å². The van der Waals surface area contributed by atoms with E-state index in [4.69, 9.17) is 4.74 Å². The van der Waals surface area contributed by atoms with Crippen molar-refractivity contribution in [3.63, 3.8) is 0 Å². The minimum atomic E-state index is -0.0977. The molecule has 5 heteroatoms. The minimum Gasteiger partial charge on any atom is -0.494 e. The van der Waals surface area contributed by atoms with Crippen LogP contribution >= 0.6 is 11.3 Å². The number of carbonyl (C=O) groups is 1. The molecule has 0 radical (unpaired) electrons. The monoisotopic (exact) mass is 314 g/mol. The molecule has 1 amide bonds. The highest BCUT2D eigenvalue weighted by Crippen LogP contribution is 2.37. The van der Waals surface area contributed by atoms with Crippen LogP contribution in [-0.4, -0.2) is 18.0 Å². The summed E-state index contributed by atoms with van der Waals surface area (Å²) < 4.78 is 6.52. The molecule has 2 heterocycles. The number of aromatic amines is 1. The molecule has 0 fully saturated rings. The number of hydrogen-bond acceptors (Lipinski definition) is 3. The number of thiophene rings is 1. The topological polar surface area (TPSA) is 54.1 Å². The summed E-state index contributed by atoms with van der Waals surface area (Å²) in [6, 6.07) is 11.8. The minimum absolute atomic E-state index is 0.0302. The van der Waals surface area contributed by atoms with Crippen molar-refractivity contribution in [2.24, 2.45) is 0 Å². The van der Waals surface area contributed by atoms with Crippen LogP contribution in [0.2, 0.25) is 0 Å². The summed E-state index contributed by atoms with van der Waals surface area (Å²) in [6.07, 6.45) is 2.68. The Balaban J connectivity index is 1.92. The molecule has 2 aromatic heterocycles. The van der Waals surface area contributed by atoms with Gasteiger partial charge in [0.15, 0.2) is 0 Å². The van der Waals surface area contributed by atoms with Gasteiger partial charge in [0.25, 0.3) is 5.91 Å². The van der Waals surface area contributed by atoms with Crippen LogP contribution in [0.5, 0.6) is 5.75 Å². The van der Waals surface area contributed by atoms with Crippen LogP contribution < -0.4 is 10.1 Å². The Kier molecular flexibility index (Phi) is 4.15. The summed E-state index contributed by atoms with van der Waals surface area (Å²) in [5, 5.41) is 4.06. The predicted molar refractivity (Wildman–Crippen MR) is 89.7 cm³/mol. The van der Waals surface area contributed by atoms with Crippen molar-refractivity contribution in [1.29, 1.82) is 0 Å². The van der Waals surface area contributed by atoms with E-state index < -0.39 is 0 Å². The van der Waals surface area contributed by atoms with Crippen molar-refractivity contribution >= 4 is 27.3 Å². The Labute approximate surface area is 133 Å². The molecule has 0 aliphatic rings. The molecule has 4 nitrogen and oxygen atoms in total. The SMILES string of the molecule is CCC(NC(=O)c1sc2ccccc2c1OC)c1ccc[nH]1. The molecule has 114 valence electrons. The van der Waals surface area contributed by atoms with E-state index in [1.165, 1.54) is 11.3 Å². The van der Waals surface area contributed by atoms with Crippen molar-refractivity contribution < 1.29 is 9.53 Å². The number of hydrogen-bond donors (Lipinski definition) is 2. The average molecular weight is 314 g/mol. The van der Waals surface area contributed by atoms with Crippen LogP contribution in [0.25, 0.3) is 10.1 Å². The summed E-state index contributed by atoms with van der Waals surface area (Å²) in [7, 11) is 1.60. The first kappa shape index (κ1) is 14.7. The lowest BCUT2D eigenvalue weighted by molar-refractivity contribution is 0.0936. The highest BCUT2D eigenvalue weighted by Gasteiger charge is 2.22. The maximum absolute atomic E-state index is 12.7. The maximum atomic E-state index is 12.7. The number of H-pyrrole nitrogens is 1. The van der Waals surface area contributed by atoms with Crippen molar-refractivity contribution in [2.45, 2.75) is 19.4 Å². The van der Waals surface area contributed by atoms with Gasteiger partial charge in [0.05, 0.1) is 13.2 Å². The number of benzene rings is 1. The van der Waals surface area contributed by atoms with E-state index in [-0.39, 0.29) is 11.9 Å². The molecule has 1 aromatic carbocycles. The van der Waals surface area contributed by atoms with Gasteiger partial charge in [-0.1, -0.05) is 19.1 Å². The second kappa shape index (κ2) is 6.23.